The highest BCUT2D eigenvalue weighted by Crippen LogP contribution is 2.45. The maximum Gasteiger partial charge on any atom is 0.527 e. The molecule has 0 aliphatic heterocycles. The van der Waals surface area contributed by atoms with Crippen molar-refractivity contribution >= 4 is 0 Å². The third-order valence-electron chi connectivity index (χ3n) is 6.27. The molecule has 1 fully saturated rings. The van der Waals surface area contributed by atoms with Crippen LogP contribution in [0.2, 0.25) is 0 Å². The first-order chi connectivity index (χ1) is 15.5. The second-order valence-electron chi connectivity index (χ2n) is 8.70. The Kier molecular flexibility index (Phi) is 8.08. The van der Waals surface area contributed by atoms with Crippen molar-refractivity contribution in [1.82, 2.24) is 0 Å². The van der Waals surface area contributed by atoms with Crippen LogP contribution in [0.25, 0.3) is 0 Å². The Bertz CT molecular complexity index is 890. The van der Waals surface area contributed by atoms with Crippen LogP contribution in [0.5, 0.6) is 0 Å². The average molecular weight is 476 g/mol. The lowest BCUT2D eigenvalue weighted by atomic mass is 9.77. The van der Waals surface area contributed by atoms with E-state index in [2.05, 4.69) is 11.7 Å². The summed E-state index contributed by atoms with van der Waals surface area (Å²) in [4.78, 5) is 0. The van der Waals surface area contributed by atoms with Crippen molar-refractivity contribution < 1.29 is 35.5 Å². The average Bonchev–Trinajstić information content (AvgIpc) is 2.72. The van der Waals surface area contributed by atoms with Gasteiger partial charge < -0.3 is 0 Å². The van der Waals surface area contributed by atoms with Gasteiger partial charge in [0.15, 0.2) is 0 Å². The highest BCUT2D eigenvalue weighted by molar-refractivity contribution is 5.31. The van der Waals surface area contributed by atoms with Gasteiger partial charge in [0.25, 0.3) is 0 Å². The summed E-state index contributed by atoms with van der Waals surface area (Å²) in [5.41, 5.74) is 2.60. The molecule has 182 valence electrons. The second-order valence-corrected chi connectivity index (χ2v) is 8.70. The summed E-state index contributed by atoms with van der Waals surface area (Å²) in [5, 5.41) is 0. The normalized spacial score (nSPS) is 19.6. The molecule has 0 amide bonds. The number of hydrogen-bond donors (Lipinski definition) is 0. The molecule has 2 aromatic carbocycles. The lowest BCUT2D eigenvalue weighted by Gasteiger charge is -2.33. The fraction of sp³-hybridized carbons (Fsp3) is 0.520. The van der Waals surface area contributed by atoms with Crippen LogP contribution in [-0.2, 0) is 24.0 Å². The Labute approximate surface area is 188 Å². The van der Waals surface area contributed by atoms with Crippen molar-refractivity contribution in [2.45, 2.75) is 76.7 Å². The summed E-state index contributed by atoms with van der Waals surface area (Å²) in [6.07, 6.45) is -7.44. The molecule has 0 N–H and O–H groups in total. The van der Waals surface area contributed by atoms with E-state index in [1.54, 1.807) is 0 Å². The van der Waals surface area contributed by atoms with Gasteiger partial charge in [0.2, 0.25) is 0 Å². The Morgan fingerprint density at radius 3 is 1.73 bits per heavy atom. The van der Waals surface area contributed by atoms with Crippen LogP contribution in [0.15, 0.2) is 36.4 Å². The monoisotopic (exact) mass is 476 g/mol. The Hall–Kier alpha value is -2.09. The zero-order valence-electron chi connectivity index (χ0n) is 18.3. The van der Waals surface area contributed by atoms with Crippen LogP contribution in [0.3, 0.4) is 0 Å². The minimum atomic E-state index is -5.45. The molecule has 1 aliphatic rings. The summed E-state index contributed by atoms with van der Waals surface area (Å²) in [7, 11) is 0. The van der Waals surface area contributed by atoms with Crippen LogP contribution < -0.4 is 0 Å². The molecule has 1 nitrogen and oxygen atoms in total. The minimum Gasteiger partial charge on any atom is -0.225 e. The van der Waals surface area contributed by atoms with E-state index in [0.29, 0.717) is 18.4 Å². The maximum atomic E-state index is 14.8. The van der Waals surface area contributed by atoms with Gasteiger partial charge in [-0.1, -0.05) is 37.6 Å². The molecule has 0 bridgehead atoms. The third kappa shape index (κ3) is 6.95. The summed E-state index contributed by atoms with van der Waals surface area (Å²) in [5.74, 6) is -3.80. The van der Waals surface area contributed by atoms with E-state index in [-0.39, 0.29) is 31.2 Å². The molecule has 33 heavy (non-hydrogen) atoms. The SMILES string of the molecule is CCCc1ccc(CCc2cc(F)c(C3CCC(C(F)(F)OC(F)(F)F)CC3)c(F)c2)cc1. The zero-order valence-corrected chi connectivity index (χ0v) is 18.3. The van der Waals surface area contributed by atoms with Gasteiger partial charge in [-0.2, -0.15) is 8.78 Å². The molecule has 1 aliphatic carbocycles. The predicted octanol–water partition coefficient (Wildman–Crippen LogP) is 8.11. The van der Waals surface area contributed by atoms with Crippen molar-refractivity contribution in [3.8, 4) is 0 Å². The molecule has 0 saturated heterocycles. The summed E-state index contributed by atoms with van der Waals surface area (Å²) >= 11 is 0. The zero-order chi connectivity index (χ0) is 24.2. The van der Waals surface area contributed by atoms with Crippen LogP contribution in [0.1, 0.15) is 67.2 Å². The second kappa shape index (κ2) is 10.5. The molecule has 0 unspecified atom stereocenters. The number of halogens is 7. The molecule has 0 spiro atoms. The molecule has 0 aromatic heterocycles. The largest absolute Gasteiger partial charge is 0.527 e. The highest BCUT2D eigenvalue weighted by atomic mass is 19.4. The van der Waals surface area contributed by atoms with Crippen LogP contribution in [0.4, 0.5) is 30.7 Å². The lowest BCUT2D eigenvalue weighted by Crippen LogP contribution is -2.38. The van der Waals surface area contributed by atoms with Crippen LogP contribution in [0, 0.1) is 17.6 Å². The third-order valence-corrected chi connectivity index (χ3v) is 6.27. The lowest BCUT2D eigenvalue weighted by molar-refractivity contribution is -0.438. The molecule has 1 saturated carbocycles. The Balaban J connectivity index is 1.61. The van der Waals surface area contributed by atoms with Gasteiger partial charge in [0.05, 0.1) is 5.92 Å². The van der Waals surface area contributed by atoms with Crippen molar-refractivity contribution in [3.63, 3.8) is 0 Å². The molecule has 3 rings (SSSR count). The van der Waals surface area contributed by atoms with Gasteiger partial charge in [0, 0.05) is 5.56 Å². The van der Waals surface area contributed by atoms with E-state index in [1.165, 1.54) is 17.7 Å². The van der Waals surface area contributed by atoms with Gasteiger partial charge in [-0.3, -0.25) is 0 Å². The molecular weight excluding hydrogens is 449 g/mol. The first kappa shape index (κ1) is 25.5. The van der Waals surface area contributed by atoms with Crippen LogP contribution >= 0.6 is 0 Å². The fourth-order valence-corrected chi connectivity index (χ4v) is 4.58. The standard InChI is InChI=1S/C25H27F7O/c1-2-3-16-4-6-17(7-5-16)8-9-18-14-21(26)23(22(27)15-18)19-10-12-20(13-11-19)24(28,29)33-25(30,31)32/h4-7,14-15,19-20H,2-3,8-13H2,1H3. The Morgan fingerprint density at radius 1 is 0.758 bits per heavy atom. The number of benzene rings is 2. The molecule has 0 heterocycles. The summed E-state index contributed by atoms with van der Waals surface area (Å²) in [6, 6.07) is 10.6. The predicted molar refractivity (Wildman–Crippen MR) is 111 cm³/mol. The molecule has 0 radical (unpaired) electrons. The van der Waals surface area contributed by atoms with Gasteiger partial charge in [-0.15, -0.1) is 13.2 Å². The van der Waals surface area contributed by atoms with Crippen molar-refractivity contribution in [2.24, 2.45) is 5.92 Å². The van der Waals surface area contributed by atoms with E-state index >= 15 is 0 Å². The van der Waals surface area contributed by atoms with Crippen molar-refractivity contribution in [2.75, 3.05) is 0 Å². The number of rotatable bonds is 8. The van der Waals surface area contributed by atoms with E-state index in [9.17, 15) is 30.7 Å². The Morgan fingerprint density at radius 2 is 1.24 bits per heavy atom. The number of alkyl halides is 5. The van der Waals surface area contributed by atoms with E-state index < -0.39 is 35.9 Å². The summed E-state index contributed by atoms with van der Waals surface area (Å²) in [6.45, 7) is 2.10. The smallest absolute Gasteiger partial charge is 0.225 e. The van der Waals surface area contributed by atoms with E-state index in [0.717, 1.165) is 18.4 Å². The van der Waals surface area contributed by atoms with Crippen molar-refractivity contribution in [1.29, 1.82) is 0 Å². The van der Waals surface area contributed by atoms with E-state index in [1.807, 2.05) is 24.3 Å². The molecule has 0 atom stereocenters. The van der Waals surface area contributed by atoms with Crippen molar-refractivity contribution in [3.05, 3.63) is 70.3 Å². The van der Waals surface area contributed by atoms with Gasteiger partial charge in [-0.05, 0) is 79.7 Å². The first-order valence-electron chi connectivity index (χ1n) is 11.2. The number of aryl methyl sites for hydroxylation is 3. The fourth-order valence-electron chi connectivity index (χ4n) is 4.58. The number of hydrogen-bond acceptors (Lipinski definition) is 1. The molecular formula is C25H27F7O. The van der Waals surface area contributed by atoms with E-state index in [4.69, 9.17) is 0 Å². The van der Waals surface area contributed by atoms with Gasteiger partial charge in [-0.25, -0.2) is 13.5 Å². The highest BCUT2D eigenvalue weighted by Gasteiger charge is 2.51. The molecule has 8 heteroatoms. The summed E-state index contributed by atoms with van der Waals surface area (Å²) < 4.78 is 96.6. The van der Waals surface area contributed by atoms with Gasteiger partial charge >= 0.3 is 12.5 Å². The minimum absolute atomic E-state index is 0.0429. The number of ether oxygens (including phenoxy) is 1. The first-order valence-corrected chi connectivity index (χ1v) is 11.2. The van der Waals surface area contributed by atoms with Crippen LogP contribution in [-0.4, -0.2) is 12.5 Å². The van der Waals surface area contributed by atoms with Gasteiger partial charge in [0.1, 0.15) is 11.6 Å². The quantitative estimate of drug-likeness (QED) is 0.350. The maximum absolute atomic E-state index is 14.8. The molecule has 2 aromatic rings. The topological polar surface area (TPSA) is 9.23 Å².